The van der Waals surface area contributed by atoms with Crippen molar-refractivity contribution < 1.29 is 18.4 Å². The Morgan fingerprint density at radius 1 is 1.17 bits per heavy atom. The highest BCUT2D eigenvalue weighted by atomic mass is 19.3. The molecule has 35 heavy (non-hydrogen) atoms. The van der Waals surface area contributed by atoms with E-state index in [-0.39, 0.29) is 23.8 Å². The van der Waals surface area contributed by atoms with Gasteiger partial charge in [0.15, 0.2) is 5.78 Å². The summed E-state index contributed by atoms with van der Waals surface area (Å²) in [6.07, 6.45) is 6.67. The van der Waals surface area contributed by atoms with Gasteiger partial charge in [-0.1, -0.05) is 13.0 Å². The normalized spacial score (nSPS) is 21.5. The first kappa shape index (κ1) is 25.4. The Balaban J connectivity index is 1.23. The van der Waals surface area contributed by atoms with Gasteiger partial charge in [0.2, 0.25) is 5.91 Å². The van der Waals surface area contributed by atoms with Gasteiger partial charge in [-0.3, -0.25) is 14.5 Å². The summed E-state index contributed by atoms with van der Waals surface area (Å²) >= 11 is 0. The van der Waals surface area contributed by atoms with Gasteiger partial charge in [0.05, 0.1) is 12.1 Å². The summed E-state index contributed by atoms with van der Waals surface area (Å²) in [6, 6.07) is 5.19. The van der Waals surface area contributed by atoms with Gasteiger partial charge >= 0.3 is 0 Å². The molecular weight excluding hydrogens is 452 g/mol. The molecule has 2 heterocycles. The Morgan fingerprint density at radius 3 is 2.54 bits per heavy atom. The van der Waals surface area contributed by atoms with Crippen LogP contribution in [-0.2, 0) is 15.5 Å². The maximum atomic E-state index is 13.7. The fourth-order valence-electron chi connectivity index (χ4n) is 5.35. The summed E-state index contributed by atoms with van der Waals surface area (Å²) in [7, 11) is 1.92. The van der Waals surface area contributed by atoms with Crippen molar-refractivity contribution in [2.24, 2.45) is 5.92 Å². The molecule has 0 unspecified atom stereocenters. The van der Waals surface area contributed by atoms with Crippen LogP contribution in [0.2, 0.25) is 0 Å². The number of alkyl halides is 2. The van der Waals surface area contributed by atoms with Crippen LogP contribution < -0.4 is 5.32 Å². The predicted molar refractivity (Wildman–Crippen MR) is 131 cm³/mol. The fraction of sp³-hybridized carbons (Fsp3) is 0.615. The van der Waals surface area contributed by atoms with Gasteiger partial charge in [-0.2, -0.15) is 0 Å². The van der Waals surface area contributed by atoms with E-state index >= 15 is 0 Å². The summed E-state index contributed by atoms with van der Waals surface area (Å²) in [4.78, 5) is 37.2. The Kier molecular flexibility index (Phi) is 7.64. The third-order valence-corrected chi connectivity index (χ3v) is 7.52. The van der Waals surface area contributed by atoms with Gasteiger partial charge in [-0.15, -0.1) is 0 Å². The van der Waals surface area contributed by atoms with E-state index in [4.69, 9.17) is 0 Å². The van der Waals surface area contributed by atoms with Gasteiger partial charge < -0.3 is 10.2 Å². The Labute approximate surface area is 205 Å². The van der Waals surface area contributed by atoms with Crippen LogP contribution in [-0.4, -0.2) is 70.2 Å². The van der Waals surface area contributed by atoms with E-state index in [9.17, 15) is 18.4 Å². The number of hydrogen-bond donors (Lipinski definition) is 1. The SMILES string of the molecule is CCC(=O)N(C)C1CCC(N2CC(CC(=O)CNc3ncnc4ccc(C(C)(F)F)cc34)C2)CC1. The molecule has 0 radical (unpaired) electrons. The molecule has 1 N–H and O–H groups in total. The predicted octanol–water partition coefficient (Wildman–Crippen LogP) is 4.22. The number of fused-ring (bicyclic) bond motifs is 1. The summed E-state index contributed by atoms with van der Waals surface area (Å²) in [6.45, 7) is 4.72. The Bertz CT molecular complexity index is 1060. The second-order valence-electron chi connectivity index (χ2n) is 10.1. The minimum atomic E-state index is -2.96. The molecule has 0 spiro atoms. The van der Waals surface area contributed by atoms with Crippen molar-refractivity contribution in [1.29, 1.82) is 0 Å². The largest absolute Gasteiger partial charge is 0.362 e. The van der Waals surface area contributed by atoms with Gasteiger partial charge in [0, 0.05) is 62.9 Å². The number of Topliss-reactive ketones (excluding diaryl/α,β-unsaturated/α-hetero) is 1. The highest BCUT2D eigenvalue weighted by Gasteiger charge is 2.36. The van der Waals surface area contributed by atoms with Crippen LogP contribution in [0.3, 0.4) is 0 Å². The number of rotatable bonds is 9. The molecule has 2 aromatic rings. The van der Waals surface area contributed by atoms with Crippen LogP contribution in [0.5, 0.6) is 0 Å². The smallest absolute Gasteiger partial charge is 0.270 e. The van der Waals surface area contributed by atoms with Crippen molar-refractivity contribution in [3.05, 3.63) is 30.1 Å². The van der Waals surface area contributed by atoms with Crippen LogP contribution >= 0.6 is 0 Å². The second-order valence-corrected chi connectivity index (χ2v) is 10.1. The maximum Gasteiger partial charge on any atom is 0.270 e. The number of nitrogens with zero attached hydrogens (tertiary/aromatic N) is 4. The number of nitrogens with one attached hydrogen (secondary N) is 1. The molecule has 1 aromatic carbocycles. The number of halogens is 2. The number of ketones is 1. The van der Waals surface area contributed by atoms with Crippen LogP contribution in [0, 0.1) is 5.92 Å². The number of hydrogen-bond acceptors (Lipinski definition) is 6. The zero-order valence-corrected chi connectivity index (χ0v) is 20.8. The van der Waals surface area contributed by atoms with Crippen LogP contribution in [0.25, 0.3) is 10.9 Å². The Morgan fingerprint density at radius 2 is 1.89 bits per heavy atom. The Hall–Kier alpha value is -2.68. The summed E-state index contributed by atoms with van der Waals surface area (Å²) in [5, 5.41) is 3.51. The molecule has 1 aliphatic carbocycles. The lowest BCUT2D eigenvalue weighted by Crippen LogP contribution is -2.54. The number of anilines is 1. The van der Waals surface area contributed by atoms with E-state index < -0.39 is 5.92 Å². The standard InChI is InChI=1S/C26H35F2N5O2/c1-4-24(35)32(3)19-6-8-20(9-7-19)33-14-17(15-33)11-21(34)13-29-25-22-12-18(26(2,27)28)5-10-23(22)30-16-31-25/h5,10,12,16-17,19-20H,4,6-9,11,13-15H2,1-3H3,(H,29,30,31). The number of amides is 1. The van der Waals surface area contributed by atoms with Crippen molar-refractivity contribution in [1.82, 2.24) is 19.8 Å². The number of carbonyl (C=O) groups excluding carboxylic acids is 2. The molecule has 9 heteroatoms. The van der Waals surface area contributed by atoms with Crippen molar-refractivity contribution in [3.8, 4) is 0 Å². The van der Waals surface area contributed by atoms with E-state index in [1.165, 1.54) is 18.5 Å². The number of carbonyl (C=O) groups is 2. The molecule has 1 saturated heterocycles. The van der Waals surface area contributed by atoms with Gasteiger partial charge in [0.1, 0.15) is 12.1 Å². The van der Waals surface area contributed by atoms with Gasteiger partial charge in [-0.05, 0) is 43.7 Å². The average Bonchev–Trinajstić information content (AvgIpc) is 2.83. The van der Waals surface area contributed by atoms with E-state index in [0.29, 0.717) is 47.6 Å². The van der Waals surface area contributed by atoms with Crippen LogP contribution in [0.4, 0.5) is 14.6 Å². The lowest BCUT2D eigenvalue weighted by atomic mass is 9.84. The van der Waals surface area contributed by atoms with Crippen molar-refractivity contribution in [2.75, 3.05) is 32.0 Å². The maximum absolute atomic E-state index is 13.7. The lowest BCUT2D eigenvalue weighted by Gasteiger charge is -2.47. The molecule has 1 aliphatic heterocycles. The number of benzene rings is 1. The summed E-state index contributed by atoms with van der Waals surface area (Å²) < 4.78 is 27.5. The van der Waals surface area contributed by atoms with E-state index in [0.717, 1.165) is 45.7 Å². The summed E-state index contributed by atoms with van der Waals surface area (Å²) in [5.74, 6) is -1.92. The van der Waals surface area contributed by atoms with Crippen molar-refractivity contribution in [2.45, 2.75) is 70.4 Å². The summed E-state index contributed by atoms with van der Waals surface area (Å²) in [5.41, 5.74) is 0.443. The molecule has 1 amide bonds. The number of aromatic nitrogens is 2. The third-order valence-electron chi connectivity index (χ3n) is 7.52. The van der Waals surface area contributed by atoms with Crippen LogP contribution in [0.15, 0.2) is 24.5 Å². The molecule has 2 aliphatic rings. The first-order valence-electron chi connectivity index (χ1n) is 12.5. The first-order chi connectivity index (χ1) is 16.7. The zero-order valence-electron chi connectivity index (χ0n) is 20.8. The number of likely N-dealkylation sites (tertiary alicyclic amines) is 1. The highest BCUT2D eigenvalue weighted by Crippen LogP contribution is 2.33. The monoisotopic (exact) mass is 487 g/mol. The van der Waals surface area contributed by atoms with E-state index in [1.807, 2.05) is 18.9 Å². The molecule has 1 saturated carbocycles. The fourth-order valence-corrected chi connectivity index (χ4v) is 5.35. The topological polar surface area (TPSA) is 78.4 Å². The minimum absolute atomic E-state index is 0.0850. The van der Waals surface area contributed by atoms with Crippen LogP contribution in [0.1, 0.15) is 57.9 Å². The van der Waals surface area contributed by atoms with Gasteiger partial charge in [-0.25, -0.2) is 18.7 Å². The van der Waals surface area contributed by atoms with Crippen molar-refractivity contribution >= 4 is 28.4 Å². The molecule has 4 rings (SSSR count). The molecule has 0 bridgehead atoms. The average molecular weight is 488 g/mol. The minimum Gasteiger partial charge on any atom is -0.362 e. The van der Waals surface area contributed by atoms with Gasteiger partial charge in [0.25, 0.3) is 5.92 Å². The van der Waals surface area contributed by atoms with Crippen molar-refractivity contribution in [3.63, 3.8) is 0 Å². The van der Waals surface area contributed by atoms with E-state index in [2.05, 4.69) is 20.2 Å². The lowest BCUT2D eigenvalue weighted by molar-refractivity contribution is -0.132. The highest BCUT2D eigenvalue weighted by molar-refractivity contribution is 5.91. The quantitative estimate of drug-likeness (QED) is 0.571. The molecule has 7 nitrogen and oxygen atoms in total. The second kappa shape index (κ2) is 10.5. The molecule has 1 aromatic heterocycles. The molecular formula is C26H35F2N5O2. The molecule has 0 atom stereocenters. The molecule has 2 fully saturated rings. The zero-order chi connectivity index (χ0) is 25.2. The molecule has 190 valence electrons. The third kappa shape index (κ3) is 5.94. The first-order valence-corrected chi connectivity index (χ1v) is 12.5. The van der Waals surface area contributed by atoms with E-state index in [1.54, 1.807) is 6.07 Å².